The van der Waals surface area contributed by atoms with E-state index in [1.165, 1.54) is 11.3 Å². The van der Waals surface area contributed by atoms with Crippen LogP contribution in [0.1, 0.15) is 21.9 Å². The van der Waals surface area contributed by atoms with Gasteiger partial charge in [0.05, 0.1) is 21.3 Å². The van der Waals surface area contributed by atoms with Gasteiger partial charge in [0.1, 0.15) is 16.5 Å². The predicted octanol–water partition coefficient (Wildman–Crippen LogP) is 3.87. The first-order chi connectivity index (χ1) is 9.04. The summed E-state index contributed by atoms with van der Waals surface area (Å²) in [5.41, 5.74) is 2.06. The van der Waals surface area contributed by atoms with E-state index in [0.29, 0.717) is 0 Å². The molecule has 0 aliphatic heterocycles. The van der Waals surface area contributed by atoms with Crippen molar-refractivity contribution in [3.05, 3.63) is 41.3 Å². The fourth-order valence-electron chi connectivity index (χ4n) is 2.02. The van der Waals surface area contributed by atoms with E-state index in [-0.39, 0.29) is 5.56 Å². The predicted molar refractivity (Wildman–Crippen MR) is 73.8 cm³/mol. The van der Waals surface area contributed by atoms with Crippen molar-refractivity contribution in [2.45, 2.75) is 13.8 Å². The minimum atomic E-state index is -0.924. The van der Waals surface area contributed by atoms with E-state index in [9.17, 15) is 4.79 Å². The molecule has 3 aromatic rings. The van der Waals surface area contributed by atoms with Crippen molar-refractivity contribution in [1.82, 2.24) is 4.98 Å². The Morgan fingerprint density at radius 2 is 2.11 bits per heavy atom. The summed E-state index contributed by atoms with van der Waals surface area (Å²) in [6.07, 6.45) is 0. The number of hydrogen-bond donors (Lipinski definition) is 1. The summed E-state index contributed by atoms with van der Waals surface area (Å²) >= 11 is 1.48. The molecule has 5 heteroatoms. The molecule has 2 aromatic heterocycles. The van der Waals surface area contributed by atoms with Gasteiger partial charge < -0.3 is 9.52 Å². The Morgan fingerprint density at radius 1 is 1.32 bits per heavy atom. The maximum Gasteiger partial charge on any atom is 0.335 e. The molecular weight excluding hydrogens is 262 g/mol. The number of benzene rings is 1. The first kappa shape index (κ1) is 11.9. The molecule has 4 nitrogen and oxygen atoms in total. The fraction of sp³-hybridized carbons (Fsp3) is 0.143. The number of nitrogens with zero attached hydrogens (tertiary/aromatic N) is 1. The lowest BCUT2D eigenvalue weighted by Gasteiger charge is -1.91. The molecule has 0 amide bonds. The number of carboxylic acid groups (broad SMARTS) is 1. The summed E-state index contributed by atoms with van der Waals surface area (Å²) in [5.74, 6) is 0.750. The number of hydrogen-bond acceptors (Lipinski definition) is 4. The van der Waals surface area contributed by atoms with Crippen molar-refractivity contribution in [2.75, 3.05) is 0 Å². The molecule has 0 radical (unpaired) electrons. The third-order valence-electron chi connectivity index (χ3n) is 2.91. The van der Waals surface area contributed by atoms with Gasteiger partial charge in [-0.2, -0.15) is 0 Å². The van der Waals surface area contributed by atoms with E-state index in [2.05, 4.69) is 4.98 Å². The van der Waals surface area contributed by atoms with Crippen LogP contribution in [-0.4, -0.2) is 16.1 Å². The molecule has 0 atom stereocenters. The van der Waals surface area contributed by atoms with E-state index in [4.69, 9.17) is 9.52 Å². The monoisotopic (exact) mass is 273 g/mol. The van der Waals surface area contributed by atoms with E-state index in [0.717, 1.165) is 32.3 Å². The molecule has 1 aromatic carbocycles. The average molecular weight is 273 g/mol. The van der Waals surface area contributed by atoms with E-state index < -0.39 is 5.97 Å². The van der Waals surface area contributed by atoms with Gasteiger partial charge in [-0.15, -0.1) is 11.3 Å². The van der Waals surface area contributed by atoms with Gasteiger partial charge in [0.25, 0.3) is 0 Å². The summed E-state index contributed by atoms with van der Waals surface area (Å²) in [5, 5.41) is 9.84. The van der Waals surface area contributed by atoms with Gasteiger partial charge in [-0.1, -0.05) is 0 Å². The quantitative estimate of drug-likeness (QED) is 0.769. The van der Waals surface area contributed by atoms with E-state index in [1.807, 2.05) is 19.9 Å². The number of carbonyl (C=O) groups is 1. The normalized spacial score (nSPS) is 11.1. The number of aromatic nitrogens is 1. The summed E-state index contributed by atoms with van der Waals surface area (Å²) in [7, 11) is 0. The Balaban J connectivity index is 2.16. The van der Waals surface area contributed by atoms with Gasteiger partial charge >= 0.3 is 5.97 Å². The number of rotatable bonds is 2. The zero-order valence-corrected chi connectivity index (χ0v) is 11.2. The number of carboxylic acids is 1. The van der Waals surface area contributed by atoms with Crippen molar-refractivity contribution in [1.29, 1.82) is 0 Å². The third kappa shape index (κ3) is 2.02. The molecule has 1 N–H and O–H groups in total. The van der Waals surface area contributed by atoms with Crippen LogP contribution in [0.2, 0.25) is 0 Å². The topological polar surface area (TPSA) is 63.3 Å². The van der Waals surface area contributed by atoms with Crippen molar-refractivity contribution >= 4 is 27.5 Å². The fourth-order valence-corrected chi connectivity index (χ4v) is 3.09. The second kappa shape index (κ2) is 4.20. The molecule has 0 fully saturated rings. The van der Waals surface area contributed by atoms with Gasteiger partial charge in [-0.25, -0.2) is 9.78 Å². The molecule has 0 aliphatic carbocycles. The van der Waals surface area contributed by atoms with Crippen molar-refractivity contribution in [2.24, 2.45) is 0 Å². The molecule has 0 unspecified atom stereocenters. The highest BCUT2D eigenvalue weighted by Crippen LogP contribution is 2.33. The molecule has 0 saturated carbocycles. The maximum absolute atomic E-state index is 10.9. The van der Waals surface area contributed by atoms with Crippen LogP contribution in [-0.2, 0) is 0 Å². The van der Waals surface area contributed by atoms with Gasteiger partial charge in [-0.3, -0.25) is 0 Å². The van der Waals surface area contributed by atoms with Crippen molar-refractivity contribution in [3.8, 4) is 10.6 Å². The highest BCUT2D eigenvalue weighted by Gasteiger charge is 2.13. The number of thiazole rings is 1. The van der Waals surface area contributed by atoms with Crippen molar-refractivity contribution < 1.29 is 14.3 Å². The van der Waals surface area contributed by atoms with Gasteiger partial charge in [0, 0.05) is 0 Å². The lowest BCUT2D eigenvalue weighted by molar-refractivity contribution is 0.0697. The van der Waals surface area contributed by atoms with E-state index in [1.54, 1.807) is 18.2 Å². The average Bonchev–Trinajstić information content (AvgIpc) is 2.90. The zero-order valence-electron chi connectivity index (χ0n) is 10.4. The molecule has 0 bridgehead atoms. The van der Waals surface area contributed by atoms with Crippen LogP contribution in [0.3, 0.4) is 0 Å². The van der Waals surface area contributed by atoms with Crippen LogP contribution in [0.4, 0.5) is 0 Å². The molecule has 0 aliphatic rings. The van der Waals surface area contributed by atoms with Gasteiger partial charge in [0.15, 0.2) is 0 Å². The van der Waals surface area contributed by atoms with Gasteiger partial charge in [0.2, 0.25) is 0 Å². The smallest absolute Gasteiger partial charge is 0.335 e. The second-order valence-electron chi connectivity index (χ2n) is 4.33. The highest BCUT2D eigenvalue weighted by molar-refractivity contribution is 7.21. The van der Waals surface area contributed by atoms with Crippen LogP contribution in [0, 0.1) is 13.8 Å². The first-order valence-corrected chi connectivity index (χ1v) is 6.57. The number of fused-ring (bicyclic) bond motifs is 1. The molecule has 19 heavy (non-hydrogen) atoms. The first-order valence-electron chi connectivity index (χ1n) is 5.76. The molecule has 96 valence electrons. The standard InChI is InChI=1S/C14H11NO3S/c1-7-5-10(8(2)18-7)13-15-11-4-3-9(14(16)17)6-12(11)19-13/h3-6H,1-2H3,(H,16,17). The highest BCUT2D eigenvalue weighted by atomic mass is 32.1. The van der Waals surface area contributed by atoms with E-state index >= 15 is 0 Å². The van der Waals surface area contributed by atoms with Crippen LogP contribution >= 0.6 is 11.3 Å². The minimum absolute atomic E-state index is 0.280. The second-order valence-corrected chi connectivity index (χ2v) is 5.36. The van der Waals surface area contributed by atoms with Crippen molar-refractivity contribution in [3.63, 3.8) is 0 Å². The Morgan fingerprint density at radius 3 is 2.74 bits per heavy atom. The minimum Gasteiger partial charge on any atom is -0.478 e. The zero-order chi connectivity index (χ0) is 13.6. The van der Waals surface area contributed by atoms with Crippen LogP contribution < -0.4 is 0 Å². The largest absolute Gasteiger partial charge is 0.478 e. The van der Waals surface area contributed by atoms with Crippen LogP contribution in [0.25, 0.3) is 20.8 Å². The summed E-state index contributed by atoms with van der Waals surface area (Å²) in [6, 6.07) is 6.91. The summed E-state index contributed by atoms with van der Waals surface area (Å²) < 4.78 is 6.37. The molecule has 3 rings (SSSR count). The Kier molecular flexibility index (Phi) is 2.64. The van der Waals surface area contributed by atoms with Gasteiger partial charge in [-0.05, 0) is 38.1 Å². The van der Waals surface area contributed by atoms with Crippen LogP contribution in [0.15, 0.2) is 28.7 Å². The Hall–Kier alpha value is -2.14. The Labute approximate surface area is 113 Å². The lowest BCUT2D eigenvalue weighted by atomic mass is 10.2. The molecule has 2 heterocycles. The number of aryl methyl sites for hydroxylation is 2. The number of aromatic carboxylic acids is 1. The third-order valence-corrected chi connectivity index (χ3v) is 3.96. The van der Waals surface area contributed by atoms with Crippen LogP contribution in [0.5, 0.6) is 0 Å². The SMILES string of the molecule is Cc1cc(-c2nc3ccc(C(=O)O)cc3s2)c(C)o1. The Bertz CT molecular complexity index is 785. The summed E-state index contributed by atoms with van der Waals surface area (Å²) in [4.78, 5) is 15.5. The lowest BCUT2D eigenvalue weighted by Crippen LogP contribution is -1.94. The number of furan rings is 1. The molecule has 0 saturated heterocycles. The summed E-state index contributed by atoms with van der Waals surface area (Å²) in [6.45, 7) is 3.80. The molecular formula is C14H11NO3S. The molecule has 0 spiro atoms. The maximum atomic E-state index is 10.9.